The molecule has 0 aromatic rings. The smallest absolute Gasteiger partial charge is 0.0289 e. The molecule has 0 radical (unpaired) electrons. The predicted molar refractivity (Wildman–Crippen MR) is 53.7 cm³/mol. The summed E-state index contributed by atoms with van der Waals surface area (Å²) in [6.45, 7) is 5.97. The molecule has 0 amide bonds. The standard InChI is InChI=1S/C8H16IN/c1-6-4-5-10(3)7(2)8(6)9/h6-8H,4-5H2,1-3H3. The fraction of sp³-hybridized carbons (Fsp3) is 1.00. The molecule has 2 heteroatoms. The Balaban J connectivity index is 2.52. The van der Waals surface area contributed by atoms with Gasteiger partial charge in [0.05, 0.1) is 0 Å². The molecule has 3 atom stereocenters. The van der Waals surface area contributed by atoms with Crippen LogP contribution in [0.25, 0.3) is 0 Å². The zero-order chi connectivity index (χ0) is 7.72. The summed E-state index contributed by atoms with van der Waals surface area (Å²) in [7, 11) is 2.22. The second-order valence-electron chi connectivity index (χ2n) is 3.43. The Hall–Kier alpha value is 0.690. The minimum Gasteiger partial charge on any atom is -0.303 e. The monoisotopic (exact) mass is 253 g/mol. The molecule has 1 saturated heterocycles. The fourth-order valence-electron chi connectivity index (χ4n) is 1.49. The van der Waals surface area contributed by atoms with Crippen molar-refractivity contribution in [3.05, 3.63) is 0 Å². The molecule has 0 spiro atoms. The lowest BCUT2D eigenvalue weighted by atomic mass is 9.94. The van der Waals surface area contributed by atoms with E-state index in [0.29, 0.717) is 0 Å². The van der Waals surface area contributed by atoms with E-state index >= 15 is 0 Å². The van der Waals surface area contributed by atoms with Crippen molar-refractivity contribution in [2.75, 3.05) is 13.6 Å². The van der Waals surface area contributed by atoms with Crippen molar-refractivity contribution in [3.8, 4) is 0 Å². The zero-order valence-electron chi connectivity index (χ0n) is 6.97. The van der Waals surface area contributed by atoms with Crippen LogP contribution in [0.15, 0.2) is 0 Å². The van der Waals surface area contributed by atoms with Crippen LogP contribution in [-0.2, 0) is 0 Å². The van der Waals surface area contributed by atoms with Crippen molar-refractivity contribution in [2.45, 2.75) is 30.2 Å². The van der Waals surface area contributed by atoms with E-state index in [1.165, 1.54) is 13.0 Å². The summed E-state index contributed by atoms with van der Waals surface area (Å²) >= 11 is 2.58. The largest absolute Gasteiger partial charge is 0.303 e. The summed E-state index contributed by atoms with van der Waals surface area (Å²) in [4.78, 5) is 2.46. The maximum atomic E-state index is 2.58. The van der Waals surface area contributed by atoms with Crippen molar-refractivity contribution in [3.63, 3.8) is 0 Å². The molecule has 0 aromatic carbocycles. The number of hydrogen-bond donors (Lipinski definition) is 0. The summed E-state index contributed by atoms with van der Waals surface area (Å²) in [6, 6.07) is 0.768. The first-order valence-corrected chi connectivity index (χ1v) is 5.22. The average molecular weight is 253 g/mol. The molecule has 0 aliphatic carbocycles. The summed E-state index contributed by atoms with van der Waals surface area (Å²) < 4.78 is 0.844. The lowest BCUT2D eigenvalue weighted by molar-refractivity contribution is 0.176. The lowest BCUT2D eigenvalue weighted by Crippen LogP contribution is -2.45. The third kappa shape index (κ3) is 1.64. The average Bonchev–Trinajstić information content (AvgIpc) is 1.93. The van der Waals surface area contributed by atoms with Crippen LogP contribution in [0.5, 0.6) is 0 Å². The van der Waals surface area contributed by atoms with Gasteiger partial charge in [0, 0.05) is 9.97 Å². The molecule has 0 N–H and O–H groups in total. The molecule has 1 nitrogen and oxygen atoms in total. The summed E-state index contributed by atoms with van der Waals surface area (Å²) in [5, 5.41) is 0. The van der Waals surface area contributed by atoms with E-state index in [1.807, 2.05) is 0 Å². The van der Waals surface area contributed by atoms with E-state index in [0.717, 1.165) is 15.9 Å². The van der Waals surface area contributed by atoms with Gasteiger partial charge >= 0.3 is 0 Å². The first-order chi connectivity index (χ1) is 4.63. The third-order valence-electron chi connectivity index (χ3n) is 2.64. The molecule has 60 valence electrons. The van der Waals surface area contributed by atoms with Crippen LogP contribution in [0, 0.1) is 5.92 Å². The van der Waals surface area contributed by atoms with Crippen molar-refractivity contribution < 1.29 is 0 Å². The maximum Gasteiger partial charge on any atom is 0.0289 e. The minimum absolute atomic E-state index is 0.768. The molecular weight excluding hydrogens is 237 g/mol. The normalized spacial score (nSPS) is 43.8. The van der Waals surface area contributed by atoms with Crippen molar-refractivity contribution in [1.29, 1.82) is 0 Å². The van der Waals surface area contributed by atoms with Crippen LogP contribution in [0.2, 0.25) is 0 Å². The van der Waals surface area contributed by atoms with Crippen LogP contribution in [0.1, 0.15) is 20.3 Å². The molecule has 3 unspecified atom stereocenters. The first kappa shape index (κ1) is 8.78. The Labute approximate surface area is 77.3 Å². The highest BCUT2D eigenvalue weighted by atomic mass is 127. The first-order valence-electron chi connectivity index (χ1n) is 3.97. The van der Waals surface area contributed by atoms with E-state index < -0.39 is 0 Å². The number of hydrogen-bond acceptors (Lipinski definition) is 1. The Morgan fingerprint density at radius 2 is 2.00 bits per heavy atom. The van der Waals surface area contributed by atoms with Crippen molar-refractivity contribution >= 4 is 22.6 Å². The highest BCUT2D eigenvalue weighted by Gasteiger charge is 2.28. The number of rotatable bonds is 0. The van der Waals surface area contributed by atoms with Gasteiger partial charge in [0.25, 0.3) is 0 Å². The third-order valence-corrected chi connectivity index (χ3v) is 4.91. The molecule has 10 heavy (non-hydrogen) atoms. The van der Waals surface area contributed by atoms with Gasteiger partial charge in [-0.1, -0.05) is 29.5 Å². The summed E-state index contributed by atoms with van der Waals surface area (Å²) in [5.41, 5.74) is 0. The minimum atomic E-state index is 0.768. The summed E-state index contributed by atoms with van der Waals surface area (Å²) in [5.74, 6) is 0.909. The van der Waals surface area contributed by atoms with E-state index in [1.54, 1.807) is 0 Å². The number of piperidine rings is 1. The molecule has 0 saturated carbocycles. The van der Waals surface area contributed by atoms with Crippen LogP contribution in [0.3, 0.4) is 0 Å². The lowest BCUT2D eigenvalue weighted by Gasteiger charge is -2.38. The van der Waals surface area contributed by atoms with Gasteiger partial charge in [-0.3, -0.25) is 0 Å². The van der Waals surface area contributed by atoms with Gasteiger partial charge in [-0.2, -0.15) is 0 Å². The topological polar surface area (TPSA) is 3.24 Å². The number of likely N-dealkylation sites (tertiary alicyclic amines) is 1. The Morgan fingerprint density at radius 3 is 2.50 bits per heavy atom. The molecule has 1 aliphatic heterocycles. The molecular formula is C8H16IN. The van der Waals surface area contributed by atoms with Crippen LogP contribution in [-0.4, -0.2) is 28.5 Å². The van der Waals surface area contributed by atoms with E-state index in [4.69, 9.17) is 0 Å². The van der Waals surface area contributed by atoms with E-state index in [-0.39, 0.29) is 0 Å². The van der Waals surface area contributed by atoms with Crippen LogP contribution in [0.4, 0.5) is 0 Å². The van der Waals surface area contributed by atoms with E-state index in [9.17, 15) is 0 Å². The highest BCUT2D eigenvalue weighted by Crippen LogP contribution is 2.27. The Kier molecular flexibility index (Phi) is 2.98. The molecule has 0 bridgehead atoms. The molecule has 1 aliphatic rings. The Bertz CT molecular complexity index is 102. The number of nitrogens with zero attached hydrogens (tertiary/aromatic N) is 1. The van der Waals surface area contributed by atoms with Gasteiger partial charge in [-0.15, -0.1) is 0 Å². The predicted octanol–water partition coefficient (Wildman–Crippen LogP) is 2.15. The second-order valence-corrected chi connectivity index (χ2v) is 4.87. The zero-order valence-corrected chi connectivity index (χ0v) is 9.13. The van der Waals surface area contributed by atoms with Gasteiger partial charge in [-0.25, -0.2) is 0 Å². The maximum absolute atomic E-state index is 2.58. The quantitative estimate of drug-likeness (QED) is 0.472. The van der Waals surface area contributed by atoms with Crippen LogP contribution < -0.4 is 0 Å². The number of halogens is 1. The van der Waals surface area contributed by atoms with Gasteiger partial charge in [0.15, 0.2) is 0 Å². The fourth-order valence-corrected chi connectivity index (χ4v) is 2.40. The van der Waals surface area contributed by atoms with Crippen molar-refractivity contribution in [1.82, 2.24) is 4.90 Å². The molecule has 1 heterocycles. The van der Waals surface area contributed by atoms with Gasteiger partial charge < -0.3 is 4.90 Å². The Morgan fingerprint density at radius 1 is 1.40 bits per heavy atom. The van der Waals surface area contributed by atoms with Gasteiger partial charge in [0.1, 0.15) is 0 Å². The van der Waals surface area contributed by atoms with Crippen LogP contribution >= 0.6 is 22.6 Å². The SMILES string of the molecule is CC1CCN(C)C(C)C1I. The van der Waals surface area contributed by atoms with E-state index in [2.05, 4.69) is 48.4 Å². The van der Waals surface area contributed by atoms with Gasteiger partial charge in [-0.05, 0) is 32.9 Å². The van der Waals surface area contributed by atoms with Crippen molar-refractivity contribution in [2.24, 2.45) is 5.92 Å². The molecule has 0 aromatic heterocycles. The second kappa shape index (κ2) is 3.39. The molecule has 1 rings (SSSR count). The number of alkyl halides is 1. The highest BCUT2D eigenvalue weighted by molar-refractivity contribution is 14.1. The van der Waals surface area contributed by atoms with Gasteiger partial charge in [0.2, 0.25) is 0 Å². The summed E-state index contributed by atoms with van der Waals surface area (Å²) in [6.07, 6.45) is 1.37. The molecule has 1 fully saturated rings.